The third kappa shape index (κ3) is 8.89. The van der Waals surface area contributed by atoms with Crippen LogP contribution in [0.25, 0.3) is 0 Å². The van der Waals surface area contributed by atoms with E-state index >= 15 is 13.2 Å². The lowest BCUT2D eigenvalue weighted by Gasteiger charge is -2.36. The summed E-state index contributed by atoms with van der Waals surface area (Å²) in [6.07, 6.45) is 6.47. The van der Waals surface area contributed by atoms with Gasteiger partial charge in [-0.05, 0) is 56.3 Å². The van der Waals surface area contributed by atoms with Crippen molar-refractivity contribution in [3.8, 4) is 0 Å². The summed E-state index contributed by atoms with van der Waals surface area (Å²) in [7, 11) is 1.98. The molecule has 256 valence electrons. The molecule has 3 amide bonds. The second-order valence-electron chi connectivity index (χ2n) is 13.6. The standard InChI is InChI=1S/C35H51F3N4O4/c1-4-31(44)40-32(34(46)42-19-17-41(3)18-20-42)23(2)25-15-16-29(28(36)21-25)39-33(45)27(24-11-7-5-8-12-24)22-30(43)35(37,38)26-13-9-6-10-14-26/h15-16,21,23-24,26-27,32H,4-14,17-20,22H2,1-3H3,(H,39,45)(H,40,44)/t23-,27-,32+/m0/s1. The van der Waals surface area contributed by atoms with Crippen molar-refractivity contribution in [2.45, 2.75) is 109 Å². The molecule has 1 aromatic carbocycles. The maximum Gasteiger partial charge on any atom is 0.308 e. The minimum absolute atomic E-state index is 0.118. The first-order chi connectivity index (χ1) is 21.9. The number of benzene rings is 1. The van der Waals surface area contributed by atoms with E-state index in [-0.39, 0.29) is 29.8 Å². The van der Waals surface area contributed by atoms with Gasteiger partial charge >= 0.3 is 5.92 Å². The number of carbonyl (C=O) groups is 4. The first kappa shape index (κ1) is 35.9. The Morgan fingerprint density at radius 2 is 1.54 bits per heavy atom. The smallest absolute Gasteiger partial charge is 0.308 e. The van der Waals surface area contributed by atoms with Crippen LogP contribution in [0.1, 0.15) is 102 Å². The van der Waals surface area contributed by atoms with E-state index in [1.807, 2.05) is 7.05 Å². The SMILES string of the molecule is CCC(=O)N[C@@H](C(=O)N1CCN(C)CC1)[C@@H](C)c1ccc(NC(=O)[C@@H](CC(=O)C(F)(F)C2CCCCC2)C2CCCCC2)c(F)c1. The van der Waals surface area contributed by atoms with Crippen LogP contribution in [0.15, 0.2) is 18.2 Å². The van der Waals surface area contributed by atoms with E-state index in [1.165, 1.54) is 12.1 Å². The van der Waals surface area contributed by atoms with E-state index in [9.17, 15) is 19.2 Å². The lowest BCUT2D eigenvalue weighted by molar-refractivity contribution is -0.156. The van der Waals surface area contributed by atoms with Crippen molar-refractivity contribution in [3.05, 3.63) is 29.6 Å². The average Bonchev–Trinajstić information content (AvgIpc) is 3.07. The van der Waals surface area contributed by atoms with Gasteiger partial charge in [0.05, 0.1) is 5.69 Å². The van der Waals surface area contributed by atoms with E-state index in [2.05, 4.69) is 15.5 Å². The maximum atomic E-state index is 15.6. The summed E-state index contributed by atoms with van der Waals surface area (Å²) in [5.41, 5.74) is 0.346. The number of ketones is 1. The number of likely N-dealkylation sites (N-methyl/N-ethyl adjacent to an activating group) is 1. The number of hydrogen-bond donors (Lipinski definition) is 2. The molecule has 1 aliphatic heterocycles. The van der Waals surface area contributed by atoms with Gasteiger partial charge in [0.15, 0.2) is 0 Å². The Morgan fingerprint density at radius 1 is 0.935 bits per heavy atom. The Kier molecular flexibility index (Phi) is 12.7. The normalized spacial score (nSPS) is 20.9. The average molecular weight is 649 g/mol. The van der Waals surface area contributed by atoms with Crippen LogP contribution in [-0.2, 0) is 19.2 Å². The fourth-order valence-corrected chi connectivity index (χ4v) is 7.27. The van der Waals surface area contributed by atoms with Gasteiger partial charge < -0.3 is 20.4 Å². The number of piperazine rings is 1. The van der Waals surface area contributed by atoms with Crippen LogP contribution in [-0.4, -0.2) is 78.5 Å². The Hall–Kier alpha value is -2.95. The van der Waals surface area contributed by atoms with Crippen LogP contribution >= 0.6 is 0 Å². The molecule has 46 heavy (non-hydrogen) atoms. The highest BCUT2D eigenvalue weighted by Gasteiger charge is 2.48. The molecule has 0 radical (unpaired) electrons. The Balaban J connectivity index is 1.50. The molecule has 1 heterocycles. The Morgan fingerprint density at radius 3 is 2.13 bits per heavy atom. The molecule has 1 aromatic rings. The third-order valence-electron chi connectivity index (χ3n) is 10.4. The molecular weight excluding hydrogens is 597 g/mol. The lowest BCUT2D eigenvalue weighted by atomic mass is 9.75. The molecule has 2 N–H and O–H groups in total. The summed E-state index contributed by atoms with van der Waals surface area (Å²) < 4.78 is 46.1. The van der Waals surface area contributed by atoms with E-state index in [4.69, 9.17) is 0 Å². The van der Waals surface area contributed by atoms with Gasteiger partial charge in [-0.1, -0.05) is 58.4 Å². The lowest BCUT2D eigenvalue weighted by Crippen LogP contribution is -2.55. The number of hydrogen-bond acceptors (Lipinski definition) is 5. The predicted octanol–water partition coefficient (Wildman–Crippen LogP) is 5.91. The van der Waals surface area contributed by atoms with Crippen molar-refractivity contribution >= 4 is 29.2 Å². The van der Waals surface area contributed by atoms with Crippen molar-refractivity contribution in [3.63, 3.8) is 0 Å². The van der Waals surface area contributed by atoms with Gasteiger partial charge in [-0.25, -0.2) is 4.39 Å². The van der Waals surface area contributed by atoms with Gasteiger partial charge in [-0.15, -0.1) is 0 Å². The van der Waals surface area contributed by atoms with E-state index in [1.54, 1.807) is 24.8 Å². The van der Waals surface area contributed by atoms with Crippen molar-refractivity contribution in [1.82, 2.24) is 15.1 Å². The molecule has 1 saturated heterocycles. The molecule has 11 heteroatoms. The minimum atomic E-state index is -3.48. The molecule has 0 bridgehead atoms. The number of nitrogens with one attached hydrogen (secondary N) is 2. The summed E-state index contributed by atoms with van der Waals surface area (Å²) in [5.74, 6) is -9.35. The molecular formula is C35H51F3N4O4. The topological polar surface area (TPSA) is 98.8 Å². The van der Waals surface area contributed by atoms with Crippen molar-refractivity contribution < 1.29 is 32.3 Å². The van der Waals surface area contributed by atoms with Crippen LogP contribution in [0.3, 0.4) is 0 Å². The molecule has 0 unspecified atom stereocenters. The Labute approximate surface area is 271 Å². The van der Waals surface area contributed by atoms with Gasteiger partial charge in [0.2, 0.25) is 23.5 Å². The largest absolute Gasteiger partial charge is 0.344 e. The van der Waals surface area contributed by atoms with Crippen molar-refractivity contribution in [2.75, 3.05) is 38.5 Å². The molecule has 0 spiro atoms. The van der Waals surface area contributed by atoms with Gasteiger partial charge in [0, 0.05) is 56.8 Å². The molecule has 2 aliphatic carbocycles. The highest BCUT2D eigenvalue weighted by Crippen LogP contribution is 2.40. The maximum absolute atomic E-state index is 15.6. The second kappa shape index (κ2) is 16.2. The highest BCUT2D eigenvalue weighted by atomic mass is 19.3. The fourth-order valence-electron chi connectivity index (χ4n) is 7.27. The number of anilines is 1. The fraction of sp³-hybridized carbons (Fsp3) is 0.714. The first-order valence-corrected chi connectivity index (χ1v) is 17.2. The van der Waals surface area contributed by atoms with E-state index < -0.39 is 53.6 Å². The quantitative estimate of drug-likeness (QED) is 0.294. The van der Waals surface area contributed by atoms with E-state index in [0.717, 1.165) is 25.7 Å². The van der Waals surface area contributed by atoms with Crippen LogP contribution in [0.2, 0.25) is 0 Å². The highest BCUT2D eigenvalue weighted by molar-refractivity contribution is 5.97. The zero-order valence-corrected chi connectivity index (χ0v) is 27.6. The first-order valence-electron chi connectivity index (χ1n) is 17.2. The predicted molar refractivity (Wildman–Crippen MR) is 171 cm³/mol. The zero-order chi connectivity index (χ0) is 33.4. The molecule has 3 aliphatic rings. The second-order valence-corrected chi connectivity index (χ2v) is 13.6. The number of rotatable bonds is 12. The van der Waals surface area contributed by atoms with E-state index in [0.29, 0.717) is 70.3 Å². The van der Waals surface area contributed by atoms with Crippen LogP contribution < -0.4 is 10.6 Å². The summed E-state index contributed by atoms with van der Waals surface area (Å²) >= 11 is 0. The van der Waals surface area contributed by atoms with Crippen LogP contribution in [0, 0.1) is 23.6 Å². The number of amides is 3. The summed E-state index contributed by atoms with van der Waals surface area (Å²) in [4.78, 5) is 56.4. The zero-order valence-electron chi connectivity index (χ0n) is 27.6. The number of halogens is 3. The summed E-state index contributed by atoms with van der Waals surface area (Å²) in [6, 6.07) is 3.34. The number of alkyl halides is 2. The number of nitrogens with zero attached hydrogens (tertiary/aromatic N) is 2. The molecule has 3 atom stereocenters. The third-order valence-corrected chi connectivity index (χ3v) is 10.4. The van der Waals surface area contributed by atoms with Crippen molar-refractivity contribution in [2.24, 2.45) is 17.8 Å². The molecule has 4 rings (SSSR count). The molecule has 8 nitrogen and oxygen atoms in total. The summed E-state index contributed by atoms with van der Waals surface area (Å²) in [6.45, 7) is 5.92. The van der Waals surface area contributed by atoms with Crippen molar-refractivity contribution in [1.29, 1.82) is 0 Å². The number of Topliss-reactive ketones (excluding diaryl/α,β-unsaturated/α-hetero) is 1. The Bertz CT molecular complexity index is 1220. The van der Waals surface area contributed by atoms with Crippen LogP contribution in [0.5, 0.6) is 0 Å². The van der Waals surface area contributed by atoms with Gasteiger partial charge in [0.1, 0.15) is 11.9 Å². The van der Waals surface area contributed by atoms with Crippen LogP contribution in [0.4, 0.5) is 18.9 Å². The monoisotopic (exact) mass is 648 g/mol. The van der Waals surface area contributed by atoms with Gasteiger partial charge in [-0.3, -0.25) is 19.2 Å². The minimum Gasteiger partial charge on any atom is -0.344 e. The number of carbonyl (C=O) groups excluding carboxylic acids is 4. The molecule has 3 fully saturated rings. The summed E-state index contributed by atoms with van der Waals surface area (Å²) in [5, 5.41) is 5.41. The molecule has 0 aromatic heterocycles. The van der Waals surface area contributed by atoms with Gasteiger partial charge in [-0.2, -0.15) is 8.78 Å². The van der Waals surface area contributed by atoms with Gasteiger partial charge in [0.25, 0.3) is 0 Å². The molecule has 2 saturated carbocycles.